The van der Waals surface area contributed by atoms with Crippen LogP contribution in [0.15, 0.2) is 42.9 Å². The molecule has 0 amide bonds. The lowest BCUT2D eigenvalue weighted by Gasteiger charge is -2.00. The van der Waals surface area contributed by atoms with Crippen molar-refractivity contribution in [1.82, 2.24) is 19.7 Å². The molecule has 0 aliphatic rings. The highest BCUT2D eigenvalue weighted by Gasteiger charge is 2.05. The molecule has 0 saturated heterocycles. The lowest BCUT2D eigenvalue weighted by Crippen LogP contribution is -2.05. The molecule has 19 heavy (non-hydrogen) atoms. The lowest BCUT2D eigenvalue weighted by atomic mass is 10.2. The van der Waals surface area contributed by atoms with Crippen molar-refractivity contribution in [3.8, 4) is 11.3 Å². The van der Waals surface area contributed by atoms with E-state index in [0.29, 0.717) is 6.54 Å². The topological polar surface area (TPSA) is 69.6 Å². The molecule has 0 unspecified atom stereocenters. The second kappa shape index (κ2) is 5.16. The molecule has 2 heterocycles. The highest BCUT2D eigenvalue weighted by molar-refractivity contribution is 5.76. The molecule has 3 rings (SSSR count). The zero-order valence-corrected chi connectivity index (χ0v) is 10.5. The Kier molecular flexibility index (Phi) is 3.20. The smallest absolute Gasteiger partial charge is 0.0924 e. The van der Waals surface area contributed by atoms with E-state index < -0.39 is 0 Å². The SMILES string of the molecule is NCCCn1cc(-c2cnc3ccccc3n2)cn1. The number of aryl methyl sites for hydroxylation is 1. The van der Waals surface area contributed by atoms with Gasteiger partial charge in [0.2, 0.25) is 0 Å². The second-order valence-corrected chi connectivity index (χ2v) is 4.38. The monoisotopic (exact) mass is 253 g/mol. The van der Waals surface area contributed by atoms with E-state index in [-0.39, 0.29) is 0 Å². The predicted octanol–water partition coefficient (Wildman–Crippen LogP) is 1.84. The largest absolute Gasteiger partial charge is 0.330 e. The number of aromatic nitrogens is 4. The van der Waals surface area contributed by atoms with Gasteiger partial charge in [0.05, 0.1) is 29.1 Å². The van der Waals surface area contributed by atoms with Gasteiger partial charge in [0.25, 0.3) is 0 Å². The fraction of sp³-hybridized carbons (Fsp3) is 0.214. The number of nitrogens with two attached hydrogens (primary N) is 1. The molecule has 2 aromatic heterocycles. The van der Waals surface area contributed by atoms with Crippen LogP contribution in [0.2, 0.25) is 0 Å². The highest BCUT2D eigenvalue weighted by Crippen LogP contribution is 2.18. The van der Waals surface area contributed by atoms with E-state index in [1.54, 1.807) is 6.20 Å². The molecule has 5 nitrogen and oxygen atoms in total. The van der Waals surface area contributed by atoms with Crippen LogP contribution in [0.4, 0.5) is 0 Å². The van der Waals surface area contributed by atoms with E-state index in [2.05, 4.69) is 15.1 Å². The van der Waals surface area contributed by atoms with E-state index in [1.807, 2.05) is 41.3 Å². The summed E-state index contributed by atoms with van der Waals surface area (Å²) in [5, 5.41) is 4.30. The van der Waals surface area contributed by atoms with Crippen molar-refractivity contribution >= 4 is 11.0 Å². The third-order valence-corrected chi connectivity index (χ3v) is 2.97. The van der Waals surface area contributed by atoms with Crippen LogP contribution in [0.5, 0.6) is 0 Å². The molecule has 0 radical (unpaired) electrons. The Morgan fingerprint density at radius 2 is 1.95 bits per heavy atom. The van der Waals surface area contributed by atoms with Gasteiger partial charge in [-0.15, -0.1) is 0 Å². The summed E-state index contributed by atoms with van der Waals surface area (Å²) < 4.78 is 1.89. The quantitative estimate of drug-likeness (QED) is 0.770. The molecule has 1 aromatic carbocycles. The molecule has 5 heteroatoms. The molecule has 0 saturated carbocycles. The minimum Gasteiger partial charge on any atom is -0.330 e. The summed E-state index contributed by atoms with van der Waals surface area (Å²) in [4.78, 5) is 9.01. The number of hydrogen-bond donors (Lipinski definition) is 1. The van der Waals surface area contributed by atoms with Crippen molar-refractivity contribution in [3.63, 3.8) is 0 Å². The molecule has 0 bridgehead atoms. The average molecular weight is 253 g/mol. The molecule has 0 atom stereocenters. The minimum absolute atomic E-state index is 0.672. The van der Waals surface area contributed by atoms with E-state index in [1.165, 1.54) is 0 Å². The first-order chi connectivity index (χ1) is 9.36. The van der Waals surface area contributed by atoms with Crippen LogP contribution in [-0.4, -0.2) is 26.3 Å². The molecule has 0 aliphatic carbocycles. The van der Waals surface area contributed by atoms with Crippen LogP contribution in [0.25, 0.3) is 22.3 Å². The molecule has 0 spiro atoms. The van der Waals surface area contributed by atoms with Gasteiger partial charge in [-0.05, 0) is 25.1 Å². The Labute approximate surface area is 111 Å². The van der Waals surface area contributed by atoms with Gasteiger partial charge < -0.3 is 5.73 Å². The fourth-order valence-corrected chi connectivity index (χ4v) is 1.97. The van der Waals surface area contributed by atoms with Crippen molar-refractivity contribution in [2.45, 2.75) is 13.0 Å². The van der Waals surface area contributed by atoms with E-state index >= 15 is 0 Å². The van der Waals surface area contributed by atoms with Gasteiger partial charge in [-0.25, -0.2) is 4.98 Å². The Morgan fingerprint density at radius 1 is 1.11 bits per heavy atom. The minimum atomic E-state index is 0.672. The van der Waals surface area contributed by atoms with Crippen molar-refractivity contribution < 1.29 is 0 Å². The van der Waals surface area contributed by atoms with E-state index in [4.69, 9.17) is 5.73 Å². The highest BCUT2D eigenvalue weighted by atomic mass is 15.3. The maximum atomic E-state index is 5.49. The van der Waals surface area contributed by atoms with Crippen molar-refractivity contribution in [2.24, 2.45) is 5.73 Å². The maximum absolute atomic E-state index is 5.49. The van der Waals surface area contributed by atoms with Crippen LogP contribution in [0, 0.1) is 0 Å². The van der Waals surface area contributed by atoms with Crippen LogP contribution >= 0.6 is 0 Å². The molecule has 0 aliphatic heterocycles. The first kappa shape index (κ1) is 11.8. The Balaban J connectivity index is 1.92. The van der Waals surface area contributed by atoms with Gasteiger partial charge in [0, 0.05) is 18.3 Å². The van der Waals surface area contributed by atoms with Crippen LogP contribution < -0.4 is 5.73 Å². The summed E-state index contributed by atoms with van der Waals surface area (Å²) in [5.74, 6) is 0. The summed E-state index contributed by atoms with van der Waals surface area (Å²) >= 11 is 0. The Hall–Kier alpha value is -2.27. The van der Waals surface area contributed by atoms with Gasteiger partial charge in [-0.2, -0.15) is 5.10 Å². The van der Waals surface area contributed by atoms with Crippen molar-refractivity contribution in [2.75, 3.05) is 6.54 Å². The van der Waals surface area contributed by atoms with Crippen molar-refractivity contribution in [3.05, 3.63) is 42.9 Å². The summed E-state index contributed by atoms with van der Waals surface area (Å²) in [7, 11) is 0. The Morgan fingerprint density at radius 3 is 2.79 bits per heavy atom. The number of nitrogens with zero attached hydrogens (tertiary/aromatic N) is 4. The second-order valence-electron chi connectivity index (χ2n) is 4.38. The molecule has 96 valence electrons. The molecular formula is C14H15N5. The number of fused-ring (bicyclic) bond motifs is 1. The first-order valence-corrected chi connectivity index (χ1v) is 6.31. The summed E-state index contributed by atoms with van der Waals surface area (Å²) in [6.45, 7) is 1.50. The number of para-hydroxylation sites is 2. The summed E-state index contributed by atoms with van der Waals surface area (Å²) in [6.07, 6.45) is 6.50. The first-order valence-electron chi connectivity index (χ1n) is 6.31. The number of hydrogen-bond acceptors (Lipinski definition) is 4. The van der Waals surface area contributed by atoms with E-state index in [0.717, 1.165) is 35.3 Å². The zero-order valence-electron chi connectivity index (χ0n) is 10.5. The third kappa shape index (κ3) is 2.46. The summed E-state index contributed by atoms with van der Waals surface area (Å²) in [6, 6.07) is 7.84. The van der Waals surface area contributed by atoms with Gasteiger partial charge in [0.15, 0.2) is 0 Å². The Bertz CT molecular complexity index is 689. The lowest BCUT2D eigenvalue weighted by molar-refractivity contribution is 0.585. The molecule has 3 aromatic rings. The molecule has 2 N–H and O–H groups in total. The van der Waals surface area contributed by atoms with Gasteiger partial charge >= 0.3 is 0 Å². The number of rotatable bonds is 4. The van der Waals surface area contributed by atoms with Gasteiger partial charge in [0.1, 0.15) is 0 Å². The van der Waals surface area contributed by atoms with Gasteiger partial charge in [-0.1, -0.05) is 12.1 Å². The third-order valence-electron chi connectivity index (χ3n) is 2.97. The summed E-state index contributed by atoms with van der Waals surface area (Å²) in [5.41, 5.74) is 9.12. The molecular weight excluding hydrogens is 238 g/mol. The standard InChI is InChI=1S/C14H15N5/c15-6-3-7-19-10-11(8-17-19)14-9-16-12-4-1-2-5-13(12)18-14/h1-2,4-5,8-10H,3,6-7,15H2. The fourth-order valence-electron chi connectivity index (χ4n) is 1.97. The zero-order chi connectivity index (χ0) is 13.1. The van der Waals surface area contributed by atoms with Crippen LogP contribution in [0.1, 0.15) is 6.42 Å². The van der Waals surface area contributed by atoms with Crippen LogP contribution in [0.3, 0.4) is 0 Å². The normalized spacial score (nSPS) is 11.0. The molecule has 0 fully saturated rings. The number of benzene rings is 1. The maximum Gasteiger partial charge on any atom is 0.0924 e. The van der Waals surface area contributed by atoms with Crippen LogP contribution in [-0.2, 0) is 6.54 Å². The van der Waals surface area contributed by atoms with Gasteiger partial charge in [-0.3, -0.25) is 9.67 Å². The van der Waals surface area contributed by atoms with E-state index in [9.17, 15) is 0 Å². The van der Waals surface area contributed by atoms with Crippen molar-refractivity contribution in [1.29, 1.82) is 0 Å². The average Bonchev–Trinajstić information content (AvgIpc) is 2.93. The predicted molar refractivity (Wildman–Crippen MR) is 74.4 cm³/mol.